The van der Waals surface area contributed by atoms with E-state index in [1.165, 1.54) is 18.2 Å². The van der Waals surface area contributed by atoms with E-state index >= 15 is 0 Å². The summed E-state index contributed by atoms with van der Waals surface area (Å²) >= 11 is 0. The fraction of sp³-hybridized carbons (Fsp3) is 0.0833. The zero-order chi connectivity index (χ0) is 13.6. The first-order chi connectivity index (χ1) is 8.95. The van der Waals surface area contributed by atoms with Crippen LogP contribution >= 0.6 is 0 Å². The molecule has 19 heavy (non-hydrogen) atoms. The summed E-state index contributed by atoms with van der Waals surface area (Å²) in [5.74, 6) is 0.502. The van der Waals surface area contributed by atoms with Crippen LogP contribution in [0.2, 0.25) is 0 Å². The number of furan rings is 1. The first-order valence-corrected chi connectivity index (χ1v) is 5.36. The Morgan fingerprint density at radius 2 is 2.00 bits per heavy atom. The van der Waals surface area contributed by atoms with Crippen molar-refractivity contribution in [2.45, 2.75) is 6.18 Å². The summed E-state index contributed by atoms with van der Waals surface area (Å²) in [5, 5.41) is 6.67. The molecule has 7 heteroatoms. The molecule has 98 valence electrons. The maximum absolute atomic E-state index is 12.8. The van der Waals surface area contributed by atoms with E-state index in [-0.39, 0.29) is 17.2 Å². The molecule has 0 bridgehead atoms. The van der Waals surface area contributed by atoms with Crippen molar-refractivity contribution in [3.05, 3.63) is 35.9 Å². The van der Waals surface area contributed by atoms with Gasteiger partial charge in [-0.25, -0.2) is 0 Å². The number of hydrogen-bond acceptors (Lipinski definition) is 3. The molecule has 1 aromatic carbocycles. The number of para-hydroxylation sites is 1. The van der Waals surface area contributed by atoms with Gasteiger partial charge >= 0.3 is 6.18 Å². The van der Waals surface area contributed by atoms with Gasteiger partial charge in [0.1, 0.15) is 17.1 Å². The van der Waals surface area contributed by atoms with Gasteiger partial charge in [-0.3, -0.25) is 5.10 Å². The lowest BCUT2D eigenvalue weighted by Crippen LogP contribution is -2.04. The second kappa shape index (κ2) is 3.78. The Bertz CT molecular complexity index is 742. The summed E-state index contributed by atoms with van der Waals surface area (Å²) in [4.78, 5) is 0. The topological polar surface area (TPSA) is 67.8 Å². The van der Waals surface area contributed by atoms with Crippen LogP contribution in [0, 0.1) is 0 Å². The molecule has 0 aliphatic carbocycles. The molecule has 0 atom stereocenters. The lowest BCUT2D eigenvalue weighted by atomic mass is 10.1. The predicted octanol–water partition coefficient (Wildman–Crippen LogP) is 3.42. The Hall–Kier alpha value is -2.44. The second-order valence-corrected chi connectivity index (χ2v) is 4.04. The highest BCUT2D eigenvalue weighted by Crippen LogP contribution is 2.37. The number of nitrogens with zero attached hydrogens (tertiary/aromatic N) is 1. The number of H-pyrrole nitrogens is 1. The Morgan fingerprint density at radius 3 is 2.63 bits per heavy atom. The fourth-order valence-electron chi connectivity index (χ4n) is 1.88. The summed E-state index contributed by atoms with van der Waals surface area (Å²) in [5.41, 5.74) is 4.88. The van der Waals surface area contributed by atoms with Crippen molar-refractivity contribution in [1.29, 1.82) is 0 Å². The van der Waals surface area contributed by atoms with Crippen molar-refractivity contribution in [3.8, 4) is 11.5 Å². The first kappa shape index (κ1) is 11.6. The van der Waals surface area contributed by atoms with E-state index < -0.39 is 11.7 Å². The Balaban J connectivity index is 2.21. The average Bonchev–Trinajstić information content (AvgIpc) is 2.92. The maximum Gasteiger partial charge on any atom is 0.420 e. The second-order valence-electron chi connectivity index (χ2n) is 4.04. The van der Waals surface area contributed by atoms with Crippen LogP contribution in [0.15, 0.2) is 34.7 Å². The van der Waals surface area contributed by atoms with Crippen LogP contribution in [-0.4, -0.2) is 10.2 Å². The van der Waals surface area contributed by atoms with Crippen molar-refractivity contribution >= 4 is 16.8 Å². The molecule has 3 N–H and O–H groups in total. The van der Waals surface area contributed by atoms with Gasteiger partial charge in [-0.1, -0.05) is 12.1 Å². The molecule has 0 aliphatic rings. The van der Waals surface area contributed by atoms with Crippen LogP contribution in [0.1, 0.15) is 5.56 Å². The van der Waals surface area contributed by atoms with E-state index in [9.17, 15) is 13.2 Å². The molecule has 4 nitrogen and oxygen atoms in total. The normalized spacial score (nSPS) is 12.2. The molecule has 2 aromatic heterocycles. The largest absolute Gasteiger partial charge is 0.454 e. The van der Waals surface area contributed by atoms with Gasteiger partial charge in [-0.05, 0) is 12.1 Å². The third-order valence-corrected chi connectivity index (χ3v) is 2.71. The van der Waals surface area contributed by atoms with Crippen molar-refractivity contribution in [2.75, 3.05) is 5.73 Å². The number of alkyl halides is 3. The number of benzene rings is 1. The molecule has 0 saturated heterocycles. The highest BCUT2D eigenvalue weighted by atomic mass is 19.4. The number of fused-ring (bicyclic) bond motifs is 1. The number of nitrogens with one attached hydrogen (secondary N) is 1. The molecule has 0 radical (unpaired) electrons. The number of halogens is 3. The van der Waals surface area contributed by atoms with E-state index in [4.69, 9.17) is 10.2 Å². The van der Waals surface area contributed by atoms with E-state index in [1.807, 2.05) is 0 Å². The first-order valence-electron chi connectivity index (χ1n) is 5.36. The summed E-state index contributed by atoms with van der Waals surface area (Å²) in [6.07, 6.45) is -4.46. The summed E-state index contributed by atoms with van der Waals surface area (Å²) in [6, 6.07) is 6.88. The van der Waals surface area contributed by atoms with Gasteiger partial charge in [-0.15, -0.1) is 0 Å². The third-order valence-electron chi connectivity index (χ3n) is 2.71. The Kier molecular flexibility index (Phi) is 2.31. The summed E-state index contributed by atoms with van der Waals surface area (Å²) in [6.45, 7) is 0. The van der Waals surface area contributed by atoms with Crippen LogP contribution in [0.3, 0.4) is 0 Å². The predicted molar refractivity (Wildman–Crippen MR) is 63.2 cm³/mol. The number of aromatic amines is 1. The molecule has 0 amide bonds. The summed E-state index contributed by atoms with van der Waals surface area (Å²) in [7, 11) is 0. The monoisotopic (exact) mass is 267 g/mol. The molecular weight excluding hydrogens is 259 g/mol. The smallest absolute Gasteiger partial charge is 0.420 e. The lowest BCUT2D eigenvalue weighted by molar-refractivity contribution is -0.136. The standard InChI is InChI=1S/C12H8F3N3O/c13-12(14,15)7-3-1-2-6-4-9(19-11(6)7)8-5-10(16)18-17-8/h1-5H,(H3,16,17,18). The van der Waals surface area contributed by atoms with E-state index in [0.29, 0.717) is 11.1 Å². The van der Waals surface area contributed by atoms with E-state index in [1.54, 1.807) is 6.07 Å². The van der Waals surface area contributed by atoms with Gasteiger partial charge in [-0.2, -0.15) is 18.3 Å². The highest BCUT2D eigenvalue weighted by molar-refractivity contribution is 5.85. The van der Waals surface area contributed by atoms with Crippen molar-refractivity contribution < 1.29 is 17.6 Å². The van der Waals surface area contributed by atoms with Gasteiger partial charge in [0, 0.05) is 11.5 Å². The molecule has 0 fully saturated rings. The van der Waals surface area contributed by atoms with Gasteiger partial charge in [0.15, 0.2) is 5.76 Å². The average molecular weight is 267 g/mol. The quantitative estimate of drug-likeness (QED) is 0.709. The SMILES string of the molecule is Nc1cc(-c2cc3cccc(C(F)(F)F)c3o2)[nH]n1. The number of nitrogen functional groups attached to an aromatic ring is 1. The molecule has 0 unspecified atom stereocenters. The van der Waals surface area contributed by atoms with Crippen molar-refractivity contribution in [2.24, 2.45) is 0 Å². The molecule has 2 heterocycles. The number of nitrogens with two attached hydrogens (primary N) is 1. The Labute approximate surface area is 105 Å². The molecular formula is C12H8F3N3O. The minimum Gasteiger partial charge on any atom is -0.454 e. The fourth-order valence-corrected chi connectivity index (χ4v) is 1.88. The molecule has 0 aliphatic heterocycles. The van der Waals surface area contributed by atoms with Crippen LogP contribution < -0.4 is 5.73 Å². The number of hydrogen-bond donors (Lipinski definition) is 2. The number of rotatable bonds is 1. The van der Waals surface area contributed by atoms with Gasteiger partial charge in [0.25, 0.3) is 0 Å². The zero-order valence-corrected chi connectivity index (χ0v) is 9.45. The Morgan fingerprint density at radius 1 is 1.21 bits per heavy atom. The highest BCUT2D eigenvalue weighted by Gasteiger charge is 2.34. The molecule has 3 rings (SSSR count). The van der Waals surface area contributed by atoms with Gasteiger partial charge in [0.2, 0.25) is 0 Å². The maximum atomic E-state index is 12.8. The van der Waals surface area contributed by atoms with Crippen LogP contribution in [0.25, 0.3) is 22.4 Å². The summed E-state index contributed by atoms with van der Waals surface area (Å²) < 4.78 is 43.8. The number of aromatic nitrogens is 2. The lowest BCUT2D eigenvalue weighted by Gasteiger charge is -2.05. The van der Waals surface area contributed by atoms with Crippen LogP contribution in [-0.2, 0) is 6.18 Å². The minimum absolute atomic E-state index is 0.196. The minimum atomic E-state index is -4.46. The van der Waals surface area contributed by atoms with E-state index in [2.05, 4.69) is 10.2 Å². The van der Waals surface area contributed by atoms with E-state index in [0.717, 1.165) is 6.07 Å². The van der Waals surface area contributed by atoms with Gasteiger partial charge < -0.3 is 10.2 Å². The van der Waals surface area contributed by atoms with Gasteiger partial charge in [0.05, 0.1) is 5.56 Å². The van der Waals surface area contributed by atoms with Crippen molar-refractivity contribution in [1.82, 2.24) is 10.2 Å². The number of anilines is 1. The molecule has 0 saturated carbocycles. The molecule has 0 spiro atoms. The van der Waals surface area contributed by atoms with Crippen LogP contribution in [0.4, 0.5) is 19.0 Å². The van der Waals surface area contributed by atoms with Crippen LogP contribution in [0.5, 0.6) is 0 Å². The third kappa shape index (κ3) is 1.92. The molecule has 3 aromatic rings. The van der Waals surface area contributed by atoms with Crippen molar-refractivity contribution in [3.63, 3.8) is 0 Å². The zero-order valence-electron chi connectivity index (χ0n) is 9.45.